The lowest BCUT2D eigenvalue weighted by molar-refractivity contribution is 0.960. The molecule has 0 aliphatic carbocycles. The maximum absolute atomic E-state index is 3.90. The highest BCUT2D eigenvalue weighted by Gasteiger charge is 2.39. The van der Waals surface area contributed by atoms with Crippen LogP contribution in [0.15, 0.2) is 83.2 Å². The van der Waals surface area contributed by atoms with Gasteiger partial charge in [0.2, 0.25) is 0 Å². The molecule has 0 amide bonds. The first-order valence-electron chi connectivity index (χ1n) is 7.99. The van der Waals surface area contributed by atoms with Crippen LogP contribution < -0.4 is 0 Å². The Morgan fingerprint density at radius 1 is 1.14 bits per heavy atom. The quantitative estimate of drug-likeness (QED) is 0.430. The van der Waals surface area contributed by atoms with Gasteiger partial charge in [0.05, 0.1) is 10.9 Å². The monoisotopic (exact) mass is 315 g/mol. The third-order valence-corrected chi connectivity index (χ3v) is 5.94. The minimum atomic E-state index is 0.298. The second-order valence-electron chi connectivity index (χ2n) is 4.71. The van der Waals surface area contributed by atoms with Gasteiger partial charge < -0.3 is 0 Å². The maximum atomic E-state index is 3.90. The summed E-state index contributed by atoms with van der Waals surface area (Å²) in [5, 5.41) is 0.736. The molecule has 1 aromatic rings. The first-order valence-corrected chi connectivity index (χ1v) is 9.28. The van der Waals surface area contributed by atoms with E-state index in [1.807, 2.05) is 39.0 Å². The lowest BCUT2D eigenvalue weighted by Crippen LogP contribution is -2.13. The zero-order chi connectivity index (χ0) is 17.0. The van der Waals surface area contributed by atoms with E-state index in [0.717, 1.165) is 5.25 Å². The van der Waals surface area contributed by atoms with Crippen LogP contribution in [0.2, 0.25) is 0 Å². The maximum Gasteiger partial charge on any atom is 0.160 e. The van der Waals surface area contributed by atoms with Crippen molar-refractivity contribution < 1.29 is 0 Å². The summed E-state index contributed by atoms with van der Waals surface area (Å²) in [6.45, 7) is 17.9. The van der Waals surface area contributed by atoms with E-state index in [-0.39, 0.29) is 0 Å². The molecule has 1 heteroatoms. The van der Waals surface area contributed by atoms with Crippen molar-refractivity contribution in [2.24, 2.45) is 0 Å². The van der Waals surface area contributed by atoms with Gasteiger partial charge in [-0.05, 0) is 26.0 Å². The van der Waals surface area contributed by atoms with Crippen LogP contribution in [0.4, 0.5) is 0 Å². The molecule has 0 spiro atoms. The molecule has 1 heterocycles. The van der Waals surface area contributed by atoms with E-state index in [4.69, 9.17) is 0 Å². The van der Waals surface area contributed by atoms with E-state index >= 15 is 0 Å². The van der Waals surface area contributed by atoms with Crippen molar-refractivity contribution in [1.82, 2.24) is 0 Å². The average Bonchev–Trinajstić information content (AvgIpc) is 2.85. The Bertz CT molecular complexity index is 494. The largest absolute Gasteiger partial charge is 0.160 e. The van der Waals surface area contributed by atoms with Crippen LogP contribution in [0, 0.1) is 0 Å². The van der Waals surface area contributed by atoms with Gasteiger partial charge in [0.15, 0.2) is 4.90 Å². The minimum absolute atomic E-state index is 0.298. The lowest BCUT2D eigenvalue weighted by atomic mass is 10.1. The first-order chi connectivity index (χ1) is 10.7. The molecule has 22 heavy (non-hydrogen) atoms. The van der Waals surface area contributed by atoms with Crippen molar-refractivity contribution in [3.05, 3.63) is 78.3 Å². The molecule has 1 aliphatic heterocycles. The molecular formula is C21H31S+. The van der Waals surface area contributed by atoms with E-state index in [1.54, 1.807) is 6.08 Å². The molecule has 2 rings (SSSR count). The van der Waals surface area contributed by atoms with Gasteiger partial charge in [0, 0.05) is 18.9 Å². The Morgan fingerprint density at radius 2 is 1.73 bits per heavy atom. The van der Waals surface area contributed by atoms with E-state index in [1.165, 1.54) is 21.8 Å². The molecule has 2 unspecified atom stereocenters. The van der Waals surface area contributed by atoms with Gasteiger partial charge in [-0.25, -0.2) is 0 Å². The Labute approximate surface area is 140 Å². The van der Waals surface area contributed by atoms with E-state index < -0.39 is 0 Å². The summed E-state index contributed by atoms with van der Waals surface area (Å²) in [7, 11) is 0.298. The van der Waals surface area contributed by atoms with Gasteiger partial charge in [-0.15, -0.1) is 0 Å². The van der Waals surface area contributed by atoms with Crippen LogP contribution in [-0.2, 0) is 10.9 Å². The standard InChI is InChI=1S/C14H17S.C5H8.C2H6/c1-4-13-10-11(2)15(12(13)3)14-8-6-5-7-9-14;1-3-5-4-2;1-2/h4-9,11H,1,10H2,2-3H3;3-5H,1H2,2H3;1-2H3/q+1;;/b;5-4-;. The Balaban J connectivity index is 0.000000540. The molecule has 0 bridgehead atoms. The average molecular weight is 316 g/mol. The number of hydrogen-bond donors (Lipinski definition) is 0. The van der Waals surface area contributed by atoms with Gasteiger partial charge in [0.1, 0.15) is 10.2 Å². The van der Waals surface area contributed by atoms with E-state index in [9.17, 15) is 0 Å². The fourth-order valence-corrected chi connectivity index (χ4v) is 4.99. The van der Waals surface area contributed by atoms with Crippen molar-refractivity contribution in [2.45, 2.75) is 51.2 Å². The smallest absolute Gasteiger partial charge is 0.0991 e. The number of hydrogen-bond acceptors (Lipinski definition) is 0. The SMILES string of the molecule is C=C/C=C\C.C=CC1=C(C)[S+](c2ccccc2)C(C)C1.CC. The van der Waals surface area contributed by atoms with Crippen molar-refractivity contribution in [1.29, 1.82) is 0 Å². The predicted molar refractivity (Wildman–Crippen MR) is 105 cm³/mol. The second kappa shape index (κ2) is 12.1. The van der Waals surface area contributed by atoms with Crippen LogP contribution in [0.1, 0.15) is 41.0 Å². The second-order valence-corrected chi connectivity index (χ2v) is 7.28. The molecule has 120 valence electrons. The van der Waals surface area contributed by atoms with Crippen molar-refractivity contribution in [2.75, 3.05) is 0 Å². The lowest BCUT2D eigenvalue weighted by Gasteiger charge is -2.06. The normalized spacial score (nSPS) is 19.9. The highest BCUT2D eigenvalue weighted by Crippen LogP contribution is 2.38. The summed E-state index contributed by atoms with van der Waals surface area (Å²) in [5.74, 6) is 0. The zero-order valence-corrected chi connectivity index (χ0v) is 15.6. The van der Waals surface area contributed by atoms with Crippen molar-refractivity contribution in [3.63, 3.8) is 0 Å². The van der Waals surface area contributed by atoms with E-state index in [2.05, 4.69) is 57.3 Å². The summed E-state index contributed by atoms with van der Waals surface area (Å²) < 4.78 is 0. The van der Waals surface area contributed by atoms with Crippen molar-refractivity contribution >= 4 is 10.9 Å². The summed E-state index contributed by atoms with van der Waals surface area (Å²) >= 11 is 0. The zero-order valence-electron chi connectivity index (χ0n) is 14.8. The Hall–Kier alpha value is -1.47. The van der Waals surface area contributed by atoms with Crippen LogP contribution in [0.3, 0.4) is 0 Å². The summed E-state index contributed by atoms with van der Waals surface area (Å²) in [6.07, 6.45) is 8.79. The van der Waals surface area contributed by atoms with Gasteiger partial charge in [0.25, 0.3) is 0 Å². The molecule has 1 aromatic carbocycles. The summed E-state index contributed by atoms with van der Waals surface area (Å²) in [4.78, 5) is 3.00. The fourth-order valence-electron chi connectivity index (χ4n) is 2.32. The predicted octanol–water partition coefficient (Wildman–Crippen LogP) is 6.69. The molecule has 0 saturated carbocycles. The van der Waals surface area contributed by atoms with Crippen LogP contribution in [-0.4, -0.2) is 5.25 Å². The third kappa shape index (κ3) is 6.11. The van der Waals surface area contributed by atoms with Gasteiger partial charge >= 0.3 is 0 Å². The van der Waals surface area contributed by atoms with Gasteiger partial charge in [-0.3, -0.25) is 0 Å². The molecular weight excluding hydrogens is 284 g/mol. The number of allylic oxidation sites excluding steroid dienone is 6. The van der Waals surface area contributed by atoms with E-state index in [0.29, 0.717) is 10.9 Å². The third-order valence-electron chi connectivity index (χ3n) is 3.26. The van der Waals surface area contributed by atoms with Crippen LogP contribution in [0.5, 0.6) is 0 Å². The van der Waals surface area contributed by atoms with Gasteiger partial charge in [-0.2, -0.15) is 0 Å². The number of benzene rings is 1. The topological polar surface area (TPSA) is 0 Å². The highest BCUT2D eigenvalue weighted by atomic mass is 32.2. The fraction of sp³-hybridized carbons (Fsp3) is 0.333. The molecule has 0 saturated heterocycles. The summed E-state index contributed by atoms with van der Waals surface area (Å²) in [5.41, 5.74) is 1.45. The molecule has 0 radical (unpaired) electrons. The number of rotatable bonds is 3. The highest BCUT2D eigenvalue weighted by molar-refractivity contribution is 8.01. The minimum Gasteiger partial charge on any atom is -0.0991 e. The summed E-state index contributed by atoms with van der Waals surface area (Å²) in [6, 6.07) is 10.8. The first kappa shape index (κ1) is 20.5. The van der Waals surface area contributed by atoms with Crippen molar-refractivity contribution in [3.8, 4) is 0 Å². The van der Waals surface area contributed by atoms with Crippen LogP contribution in [0.25, 0.3) is 0 Å². The molecule has 0 nitrogen and oxygen atoms in total. The molecule has 1 aliphatic rings. The molecule has 2 atom stereocenters. The molecule has 0 aromatic heterocycles. The Morgan fingerprint density at radius 3 is 2.09 bits per heavy atom. The molecule has 0 fully saturated rings. The Kier molecular flexibility index (Phi) is 11.3. The molecule has 0 N–H and O–H groups in total. The van der Waals surface area contributed by atoms with Gasteiger partial charge in [-0.1, -0.05) is 69.5 Å². The van der Waals surface area contributed by atoms with Crippen LogP contribution >= 0.6 is 0 Å².